The van der Waals surface area contributed by atoms with E-state index in [4.69, 9.17) is 28.3 Å². The lowest BCUT2D eigenvalue weighted by molar-refractivity contribution is 0.0690. The number of carboxylic acids is 1. The second kappa shape index (κ2) is 6.82. The van der Waals surface area contributed by atoms with Crippen molar-refractivity contribution in [2.45, 2.75) is 0 Å². The van der Waals surface area contributed by atoms with Crippen molar-refractivity contribution in [3.8, 4) is 0 Å². The molecule has 0 aliphatic carbocycles. The third kappa shape index (κ3) is 4.87. The summed E-state index contributed by atoms with van der Waals surface area (Å²) in [6.45, 7) is 0. The van der Waals surface area contributed by atoms with Crippen LogP contribution in [0.3, 0.4) is 0 Å². The zero-order valence-corrected chi connectivity index (χ0v) is 7.46. The average Bonchev–Trinajstić information content (AvgIpc) is 2.07. The number of carboxylic acid groups (broad SMARTS) is 1. The molecule has 0 aromatic carbocycles. The lowest BCUT2D eigenvalue weighted by atomic mass is 10.5. The molecule has 0 saturated heterocycles. The molecule has 66 valence electrons. The maximum Gasteiger partial charge on any atom is 0.356 e. The van der Waals surface area contributed by atoms with Gasteiger partial charge in [0.25, 0.3) is 0 Å². The van der Waals surface area contributed by atoms with Gasteiger partial charge in [-0.05, 0) is 0 Å². The Balaban J connectivity index is 0.000000354. The van der Waals surface area contributed by atoms with Crippen molar-refractivity contribution < 1.29 is 9.90 Å². The van der Waals surface area contributed by atoms with Crippen LogP contribution in [0.5, 0.6) is 0 Å². The number of rotatable bonds is 1. The first-order valence-electron chi connectivity index (χ1n) is 2.83. The molecule has 1 rings (SSSR count). The third-order valence-corrected chi connectivity index (χ3v) is 0.782. The highest BCUT2D eigenvalue weighted by atomic mass is 35.5. The number of halogens is 2. The lowest BCUT2D eigenvalue weighted by Crippen LogP contribution is -1.99. The van der Waals surface area contributed by atoms with E-state index in [1.807, 2.05) is 0 Å². The van der Waals surface area contributed by atoms with E-state index >= 15 is 0 Å². The molecule has 0 saturated carbocycles. The van der Waals surface area contributed by atoms with E-state index in [1.165, 1.54) is 18.6 Å². The van der Waals surface area contributed by atoms with Crippen LogP contribution in [0.4, 0.5) is 0 Å². The van der Waals surface area contributed by atoms with Gasteiger partial charge >= 0.3 is 5.97 Å². The van der Waals surface area contributed by atoms with Gasteiger partial charge in [0, 0.05) is 12.4 Å². The molecule has 0 spiro atoms. The Hall–Kier alpha value is -0.870. The van der Waals surface area contributed by atoms with Gasteiger partial charge in [0.1, 0.15) is 0 Å². The number of aromatic nitrogens is 2. The van der Waals surface area contributed by atoms with Gasteiger partial charge in [-0.15, -0.1) is 23.2 Å². The molecule has 4 nitrogen and oxygen atoms in total. The van der Waals surface area contributed by atoms with E-state index in [9.17, 15) is 4.79 Å². The molecule has 1 aromatic rings. The second-order valence-electron chi connectivity index (χ2n) is 1.50. The molecule has 0 bridgehead atoms. The summed E-state index contributed by atoms with van der Waals surface area (Å²) in [5.41, 5.74) is -0.0301. The highest BCUT2D eigenvalue weighted by molar-refractivity contribution is 6.40. The summed E-state index contributed by atoms with van der Waals surface area (Å²) in [5.74, 6) is -1.05. The Bertz CT molecular complexity index is 230. The van der Waals surface area contributed by atoms with Crippen LogP contribution in [-0.2, 0) is 0 Å². The minimum atomic E-state index is -1.05. The molecule has 1 heterocycles. The molecule has 0 radical (unpaired) electrons. The molecule has 0 aliphatic rings. The van der Waals surface area contributed by atoms with Gasteiger partial charge in [-0.2, -0.15) is 0 Å². The summed E-state index contributed by atoms with van der Waals surface area (Å²) in [5, 5.41) is 8.48. The van der Waals surface area contributed by atoms with Crippen molar-refractivity contribution in [1.82, 2.24) is 9.97 Å². The maximum absolute atomic E-state index is 10.1. The number of nitrogens with zero attached hydrogens (tertiary/aromatic N) is 2. The van der Waals surface area contributed by atoms with Gasteiger partial charge in [0.15, 0.2) is 5.69 Å². The molecule has 1 N–H and O–H groups in total. The topological polar surface area (TPSA) is 63.1 Å². The standard InChI is InChI=1S/C5H4N2O2.CH2Cl2/c8-5(9)4-3-6-1-2-7-4;2-1-3/h1-3H,(H,8,9);1H2. The fraction of sp³-hybridized carbons (Fsp3) is 0.167. The van der Waals surface area contributed by atoms with E-state index in [-0.39, 0.29) is 11.0 Å². The van der Waals surface area contributed by atoms with E-state index in [0.717, 1.165) is 0 Å². The monoisotopic (exact) mass is 208 g/mol. The first-order valence-corrected chi connectivity index (χ1v) is 3.90. The predicted octanol–water partition coefficient (Wildman–Crippen LogP) is 1.60. The second-order valence-corrected chi connectivity index (χ2v) is 2.30. The predicted molar refractivity (Wildman–Crippen MR) is 45.6 cm³/mol. The molecule has 1 aromatic heterocycles. The van der Waals surface area contributed by atoms with Gasteiger partial charge in [0.2, 0.25) is 0 Å². The van der Waals surface area contributed by atoms with Crippen molar-refractivity contribution in [2.24, 2.45) is 0 Å². The van der Waals surface area contributed by atoms with Crippen molar-refractivity contribution in [2.75, 3.05) is 5.34 Å². The average molecular weight is 209 g/mol. The molecular weight excluding hydrogens is 203 g/mol. The normalized spacial score (nSPS) is 8.17. The van der Waals surface area contributed by atoms with E-state index in [0.29, 0.717) is 0 Å². The van der Waals surface area contributed by atoms with Gasteiger partial charge in [-0.25, -0.2) is 9.78 Å². The van der Waals surface area contributed by atoms with Gasteiger partial charge in [0.05, 0.1) is 11.5 Å². The van der Waals surface area contributed by atoms with Crippen LogP contribution in [0, 0.1) is 0 Å². The summed E-state index contributed by atoms with van der Waals surface area (Å²) in [6, 6.07) is 0. The highest BCUT2D eigenvalue weighted by Crippen LogP contribution is 1.86. The molecule has 0 unspecified atom stereocenters. The smallest absolute Gasteiger partial charge is 0.356 e. The van der Waals surface area contributed by atoms with E-state index in [2.05, 4.69) is 9.97 Å². The molecule has 0 amide bonds. The first kappa shape index (κ1) is 11.1. The van der Waals surface area contributed by atoms with E-state index in [1.54, 1.807) is 0 Å². The summed E-state index contributed by atoms with van der Waals surface area (Å²) >= 11 is 9.53. The van der Waals surface area contributed by atoms with Crippen LogP contribution in [0.15, 0.2) is 18.6 Å². The Labute approximate surface area is 79.2 Å². The van der Waals surface area contributed by atoms with Crippen LogP contribution in [0.1, 0.15) is 10.5 Å². The van der Waals surface area contributed by atoms with Crippen LogP contribution >= 0.6 is 23.2 Å². The summed E-state index contributed by atoms with van der Waals surface area (Å²) < 4.78 is 0. The minimum Gasteiger partial charge on any atom is -0.476 e. The number of hydrogen-bond acceptors (Lipinski definition) is 3. The van der Waals surface area contributed by atoms with E-state index < -0.39 is 5.97 Å². The summed E-state index contributed by atoms with van der Waals surface area (Å²) in [7, 11) is 0. The quantitative estimate of drug-likeness (QED) is 0.713. The number of alkyl halides is 2. The Morgan fingerprint density at radius 1 is 1.50 bits per heavy atom. The van der Waals surface area contributed by atoms with Crippen molar-refractivity contribution in [3.05, 3.63) is 24.3 Å². The molecule has 0 fully saturated rings. The minimum absolute atomic E-state index is 0.0301. The van der Waals surface area contributed by atoms with Crippen molar-refractivity contribution in [3.63, 3.8) is 0 Å². The molecule has 12 heavy (non-hydrogen) atoms. The molecular formula is C6H6Cl2N2O2. The SMILES string of the molecule is ClCCl.O=C(O)c1cnccn1. The van der Waals surface area contributed by atoms with Crippen LogP contribution < -0.4 is 0 Å². The zero-order valence-electron chi connectivity index (χ0n) is 5.94. The van der Waals surface area contributed by atoms with Gasteiger partial charge in [-0.1, -0.05) is 0 Å². The fourth-order valence-corrected chi connectivity index (χ4v) is 0.410. The largest absolute Gasteiger partial charge is 0.476 e. The zero-order chi connectivity index (χ0) is 9.40. The van der Waals surface area contributed by atoms with Crippen LogP contribution in [-0.4, -0.2) is 26.4 Å². The molecule has 6 heteroatoms. The summed E-state index contributed by atoms with van der Waals surface area (Å²) in [4.78, 5) is 17.2. The lowest BCUT2D eigenvalue weighted by Gasteiger charge is -1.86. The Morgan fingerprint density at radius 3 is 2.33 bits per heavy atom. The highest BCUT2D eigenvalue weighted by Gasteiger charge is 2.00. The molecule has 0 aliphatic heterocycles. The molecule has 0 atom stereocenters. The first-order chi connectivity index (χ1) is 5.72. The third-order valence-electron chi connectivity index (χ3n) is 0.782. The number of aromatic carboxylic acids is 1. The fourth-order valence-electron chi connectivity index (χ4n) is 0.410. The van der Waals surface area contributed by atoms with Crippen molar-refractivity contribution in [1.29, 1.82) is 0 Å². The number of hydrogen-bond donors (Lipinski definition) is 1. The summed E-state index contributed by atoms with van der Waals surface area (Å²) in [6.07, 6.45) is 3.96. The maximum atomic E-state index is 10.1. The van der Waals surface area contributed by atoms with Crippen LogP contribution in [0.2, 0.25) is 0 Å². The Morgan fingerprint density at radius 2 is 2.08 bits per heavy atom. The van der Waals surface area contributed by atoms with Gasteiger partial charge < -0.3 is 5.11 Å². The Kier molecular flexibility index (Phi) is 6.32. The van der Waals surface area contributed by atoms with Crippen LogP contribution in [0.25, 0.3) is 0 Å². The number of carbonyl (C=O) groups is 1. The van der Waals surface area contributed by atoms with Gasteiger partial charge in [-0.3, -0.25) is 4.98 Å². The van der Waals surface area contributed by atoms with Crippen molar-refractivity contribution >= 4 is 29.2 Å².